The lowest BCUT2D eigenvalue weighted by Gasteiger charge is -2.22. The Labute approximate surface area is 127 Å². The van der Waals surface area contributed by atoms with Crippen molar-refractivity contribution in [2.24, 2.45) is 5.73 Å². The Morgan fingerprint density at radius 2 is 1.81 bits per heavy atom. The van der Waals surface area contributed by atoms with Gasteiger partial charge < -0.3 is 10.5 Å². The molecule has 1 heterocycles. The lowest BCUT2D eigenvalue weighted by Crippen LogP contribution is -2.29. The molecule has 0 spiro atoms. The molecule has 2 rings (SSSR count). The van der Waals surface area contributed by atoms with E-state index in [0.717, 1.165) is 17.9 Å². The number of hydrogen-bond donors (Lipinski definition) is 1. The second-order valence-corrected chi connectivity index (χ2v) is 5.53. The van der Waals surface area contributed by atoms with Gasteiger partial charge in [0.1, 0.15) is 5.75 Å². The summed E-state index contributed by atoms with van der Waals surface area (Å²) in [6.45, 7) is 6.36. The van der Waals surface area contributed by atoms with Crippen LogP contribution < -0.4 is 10.5 Å². The van der Waals surface area contributed by atoms with Crippen LogP contribution in [0.4, 0.5) is 0 Å². The summed E-state index contributed by atoms with van der Waals surface area (Å²) < 4.78 is 6.04. The normalized spacial score (nSPS) is 15.2. The van der Waals surface area contributed by atoms with Crippen LogP contribution in [0.2, 0.25) is 0 Å². The summed E-state index contributed by atoms with van der Waals surface area (Å²) in [6, 6.07) is 13.9. The van der Waals surface area contributed by atoms with Gasteiger partial charge in [-0.25, -0.2) is 0 Å². The van der Waals surface area contributed by atoms with Crippen LogP contribution in [0.1, 0.15) is 50.5 Å². The van der Waals surface area contributed by atoms with E-state index in [4.69, 9.17) is 10.5 Å². The topological polar surface area (TPSA) is 48.1 Å². The van der Waals surface area contributed by atoms with Gasteiger partial charge in [0.05, 0.1) is 5.69 Å². The molecule has 0 fully saturated rings. The number of nitrogens with two attached hydrogens (primary N) is 1. The zero-order chi connectivity index (χ0) is 15.2. The molecule has 0 aliphatic heterocycles. The molecule has 0 saturated carbocycles. The third-order valence-electron chi connectivity index (χ3n) is 3.78. The van der Waals surface area contributed by atoms with Crippen LogP contribution in [0.25, 0.3) is 0 Å². The second-order valence-electron chi connectivity index (χ2n) is 5.53. The van der Waals surface area contributed by atoms with E-state index < -0.39 is 0 Å². The molecule has 21 heavy (non-hydrogen) atoms. The summed E-state index contributed by atoms with van der Waals surface area (Å²) in [7, 11) is 0. The van der Waals surface area contributed by atoms with E-state index >= 15 is 0 Å². The van der Waals surface area contributed by atoms with Gasteiger partial charge in [0, 0.05) is 12.2 Å². The Morgan fingerprint density at radius 3 is 2.33 bits per heavy atom. The summed E-state index contributed by atoms with van der Waals surface area (Å²) in [5.74, 6) is 1.40. The molecular formula is C18H24N2O. The minimum Gasteiger partial charge on any atom is -0.483 e. The summed E-state index contributed by atoms with van der Waals surface area (Å²) in [5.41, 5.74) is 8.24. The van der Waals surface area contributed by atoms with Crippen LogP contribution in [-0.4, -0.2) is 11.0 Å². The lowest BCUT2D eigenvalue weighted by molar-refractivity contribution is 0.176. The smallest absolute Gasteiger partial charge is 0.155 e. The fourth-order valence-corrected chi connectivity index (χ4v) is 2.24. The maximum atomic E-state index is 6.05. The van der Waals surface area contributed by atoms with E-state index in [2.05, 4.69) is 31.0 Å². The van der Waals surface area contributed by atoms with Gasteiger partial charge in [-0.05, 0) is 49.1 Å². The molecule has 3 heteroatoms. The van der Waals surface area contributed by atoms with Crippen LogP contribution in [0.15, 0.2) is 48.7 Å². The van der Waals surface area contributed by atoms with Gasteiger partial charge in [0.25, 0.3) is 0 Å². The first-order valence-electron chi connectivity index (χ1n) is 7.55. The summed E-state index contributed by atoms with van der Waals surface area (Å²) in [5, 5.41) is 0. The van der Waals surface area contributed by atoms with Gasteiger partial charge in [-0.1, -0.05) is 32.0 Å². The quantitative estimate of drug-likeness (QED) is 0.870. The minimum atomic E-state index is -0.236. The van der Waals surface area contributed by atoms with Crippen LogP contribution >= 0.6 is 0 Å². The van der Waals surface area contributed by atoms with Crippen LogP contribution in [-0.2, 0) is 0 Å². The molecule has 0 amide bonds. The molecule has 2 aromatic rings. The van der Waals surface area contributed by atoms with Crippen LogP contribution in [0, 0.1) is 0 Å². The first-order valence-corrected chi connectivity index (χ1v) is 7.55. The second kappa shape index (κ2) is 7.23. The first kappa shape index (κ1) is 15.5. The van der Waals surface area contributed by atoms with Gasteiger partial charge >= 0.3 is 0 Å². The van der Waals surface area contributed by atoms with E-state index in [1.807, 2.05) is 37.3 Å². The highest BCUT2D eigenvalue weighted by atomic mass is 16.5. The minimum absolute atomic E-state index is 0.130. The predicted molar refractivity (Wildman–Crippen MR) is 86.4 cm³/mol. The SMILES string of the molecule is CCC(C)c1ccc(OC(c2ccccn2)C(C)N)cc1. The highest BCUT2D eigenvalue weighted by molar-refractivity contribution is 5.30. The van der Waals surface area contributed by atoms with E-state index in [1.165, 1.54) is 5.56 Å². The van der Waals surface area contributed by atoms with Gasteiger partial charge in [-0.3, -0.25) is 4.98 Å². The third-order valence-corrected chi connectivity index (χ3v) is 3.78. The summed E-state index contributed by atoms with van der Waals surface area (Å²) in [6.07, 6.45) is 2.66. The number of rotatable bonds is 6. The molecule has 2 N–H and O–H groups in total. The highest BCUT2D eigenvalue weighted by Gasteiger charge is 2.19. The molecule has 0 saturated heterocycles. The van der Waals surface area contributed by atoms with E-state index in [-0.39, 0.29) is 12.1 Å². The van der Waals surface area contributed by atoms with Crippen molar-refractivity contribution in [2.75, 3.05) is 0 Å². The maximum Gasteiger partial charge on any atom is 0.155 e. The van der Waals surface area contributed by atoms with Crippen molar-refractivity contribution in [3.8, 4) is 5.75 Å². The van der Waals surface area contributed by atoms with Crippen LogP contribution in [0.5, 0.6) is 5.75 Å². The molecule has 0 radical (unpaired) electrons. The Balaban J connectivity index is 2.14. The zero-order valence-electron chi connectivity index (χ0n) is 13.0. The van der Waals surface area contributed by atoms with Gasteiger partial charge in [0.15, 0.2) is 6.10 Å². The summed E-state index contributed by atoms with van der Waals surface area (Å²) in [4.78, 5) is 4.35. The lowest BCUT2D eigenvalue weighted by atomic mass is 9.99. The molecule has 1 aromatic heterocycles. The molecule has 0 bridgehead atoms. The highest BCUT2D eigenvalue weighted by Crippen LogP contribution is 2.26. The Morgan fingerprint density at radius 1 is 1.10 bits per heavy atom. The molecule has 0 aliphatic carbocycles. The van der Waals surface area contributed by atoms with Gasteiger partial charge in [-0.2, -0.15) is 0 Å². The maximum absolute atomic E-state index is 6.05. The molecule has 3 unspecified atom stereocenters. The van der Waals surface area contributed by atoms with E-state index in [1.54, 1.807) is 6.20 Å². The predicted octanol–water partition coefficient (Wildman–Crippen LogP) is 4.06. The average Bonchev–Trinajstić information content (AvgIpc) is 2.53. The number of nitrogens with zero attached hydrogens (tertiary/aromatic N) is 1. The third kappa shape index (κ3) is 4.05. The number of benzene rings is 1. The number of pyridine rings is 1. The Bertz CT molecular complexity index is 537. The fourth-order valence-electron chi connectivity index (χ4n) is 2.24. The van der Waals surface area contributed by atoms with Gasteiger partial charge in [0.2, 0.25) is 0 Å². The average molecular weight is 284 g/mol. The van der Waals surface area contributed by atoms with E-state index in [9.17, 15) is 0 Å². The van der Waals surface area contributed by atoms with E-state index in [0.29, 0.717) is 5.92 Å². The molecule has 3 nitrogen and oxygen atoms in total. The van der Waals surface area contributed by atoms with Crippen molar-refractivity contribution >= 4 is 0 Å². The largest absolute Gasteiger partial charge is 0.483 e. The van der Waals surface area contributed by atoms with Crippen molar-refractivity contribution in [3.05, 3.63) is 59.9 Å². The number of aromatic nitrogens is 1. The van der Waals surface area contributed by atoms with Gasteiger partial charge in [-0.15, -0.1) is 0 Å². The molecule has 112 valence electrons. The van der Waals surface area contributed by atoms with Crippen LogP contribution in [0.3, 0.4) is 0 Å². The van der Waals surface area contributed by atoms with Crippen molar-refractivity contribution in [1.82, 2.24) is 4.98 Å². The van der Waals surface area contributed by atoms with Crippen molar-refractivity contribution in [1.29, 1.82) is 0 Å². The molecule has 1 aromatic carbocycles. The first-order chi connectivity index (χ1) is 10.1. The van der Waals surface area contributed by atoms with Crippen molar-refractivity contribution in [3.63, 3.8) is 0 Å². The summed E-state index contributed by atoms with van der Waals surface area (Å²) >= 11 is 0. The molecule has 3 atom stereocenters. The Hall–Kier alpha value is -1.87. The number of ether oxygens (including phenoxy) is 1. The standard InChI is InChI=1S/C18H24N2O/c1-4-13(2)15-8-10-16(11-9-15)21-18(14(3)19)17-7-5-6-12-20-17/h5-14,18H,4,19H2,1-3H3. The Kier molecular flexibility index (Phi) is 5.34. The fraction of sp³-hybridized carbons (Fsp3) is 0.389. The van der Waals surface area contributed by atoms with Crippen molar-refractivity contribution in [2.45, 2.75) is 45.3 Å². The molecule has 0 aliphatic rings. The zero-order valence-corrected chi connectivity index (χ0v) is 13.0. The monoisotopic (exact) mass is 284 g/mol. The molecular weight excluding hydrogens is 260 g/mol. The van der Waals surface area contributed by atoms with Crippen molar-refractivity contribution < 1.29 is 4.74 Å². The number of hydrogen-bond acceptors (Lipinski definition) is 3.